The second kappa shape index (κ2) is 11.2. The summed E-state index contributed by atoms with van der Waals surface area (Å²) in [5.41, 5.74) is 1.35. The smallest absolute Gasteiger partial charge is 0.342 e. The van der Waals surface area contributed by atoms with Gasteiger partial charge in [-0.15, -0.1) is 0 Å². The van der Waals surface area contributed by atoms with Gasteiger partial charge in [-0.05, 0) is 56.0 Å². The van der Waals surface area contributed by atoms with Gasteiger partial charge < -0.3 is 4.74 Å². The fourth-order valence-corrected chi connectivity index (χ4v) is 5.77. The number of nitrogens with one attached hydrogen (secondary N) is 1. The number of nitrogens with zero attached hydrogens (tertiary/aromatic N) is 1. The van der Waals surface area contributed by atoms with Crippen LogP contribution < -0.4 is 4.72 Å². The molecule has 7 heteroatoms. The number of carbonyl (C=O) groups excluding carboxylic acids is 1. The van der Waals surface area contributed by atoms with Crippen LogP contribution in [0.15, 0.2) is 94.8 Å². The molecule has 3 aromatic carbocycles. The lowest BCUT2D eigenvalue weighted by Crippen LogP contribution is -2.55. The number of cyclic esters (lactones) is 1. The zero-order valence-corrected chi connectivity index (χ0v) is 21.5. The second-order valence-electron chi connectivity index (χ2n) is 9.21. The lowest BCUT2D eigenvalue weighted by Gasteiger charge is -2.32. The third kappa shape index (κ3) is 5.74. The van der Waals surface area contributed by atoms with Crippen LogP contribution in [0.5, 0.6) is 0 Å². The van der Waals surface area contributed by atoms with Crippen molar-refractivity contribution in [2.75, 3.05) is 0 Å². The molecule has 2 atom stereocenters. The summed E-state index contributed by atoms with van der Waals surface area (Å²) in [6.07, 6.45) is 2.89. The van der Waals surface area contributed by atoms with Crippen molar-refractivity contribution in [2.24, 2.45) is 4.99 Å². The number of hydrogen-bond acceptors (Lipinski definition) is 5. The Morgan fingerprint density at radius 3 is 2.22 bits per heavy atom. The first kappa shape index (κ1) is 25.8. The molecule has 0 unspecified atom stereocenters. The van der Waals surface area contributed by atoms with Crippen molar-refractivity contribution in [3.8, 4) is 0 Å². The Morgan fingerprint density at radius 2 is 1.58 bits per heavy atom. The van der Waals surface area contributed by atoms with Crippen LogP contribution in [0.3, 0.4) is 0 Å². The van der Waals surface area contributed by atoms with Crippen LogP contribution in [-0.4, -0.2) is 31.9 Å². The van der Waals surface area contributed by atoms with Crippen molar-refractivity contribution in [1.29, 1.82) is 0 Å². The molecule has 1 N–H and O–H groups in total. The van der Waals surface area contributed by atoms with E-state index in [4.69, 9.17) is 9.73 Å². The first-order chi connectivity index (χ1) is 17.3. The highest BCUT2D eigenvalue weighted by molar-refractivity contribution is 7.89. The van der Waals surface area contributed by atoms with Crippen molar-refractivity contribution in [3.63, 3.8) is 0 Å². The maximum atomic E-state index is 13.5. The number of benzene rings is 3. The van der Waals surface area contributed by atoms with Gasteiger partial charge in [0.15, 0.2) is 5.54 Å². The van der Waals surface area contributed by atoms with E-state index in [9.17, 15) is 13.2 Å². The molecule has 0 aromatic heterocycles. The van der Waals surface area contributed by atoms with Crippen molar-refractivity contribution in [1.82, 2.24) is 4.72 Å². The van der Waals surface area contributed by atoms with Gasteiger partial charge in [-0.2, -0.15) is 0 Å². The molecule has 0 fully saturated rings. The van der Waals surface area contributed by atoms with Crippen LogP contribution in [-0.2, 0) is 26.0 Å². The molecule has 6 nitrogen and oxygen atoms in total. The largest absolute Gasteiger partial charge is 0.405 e. The molecule has 0 bridgehead atoms. The third-order valence-corrected chi connectivity index (χ3v) is 8.03. The summed E-state index contributed by atoms with van der Waals surface area (Å²) >= 11 is 0. The van der Waals surface area contributed by atoms with Crippen LogP contribution in [0.4, 0.5) is 0 Å². The summed E-state index contributed by atoms with van der Waals surface area (Å²) in [6, 6.07) is 25.0. The van der Waals surface area contributed by atoms with Gasteiger partial charge in [-0.25, -0.2) is 22.9 Å². The zero-order valence-electron chi connectivity index (χ0n) is 20.7. The highest BCUT2D eigenvalue weighted by Crippen LogP contribution is 2.35. The summed E-state index contributed by atoms with van der Waals surface area (Å²) in [4.78, 5) is 18.5. The lowest BCUT2D eigenvalue weighted by atomic mass is 9.83. The number of ether oxygens (including phenoxy) is 1. The fraction of sp³-hybridized carbons (Fsp3) is 0.310. The van der Waals surface area contributed by atoms with E-state index < -0.39 is 27.6 Å². The fourth-order valence-electron chi connectivity index (χ4n) is 4.45. The highest BCUT2D eigenvalue weighted by Gasteiger charge is 2.52. The highest BCUT2D eigenvalue weighted by atomic mass is 32.2. The van der Waals surface area contributed by atoms with Gasteiger partial charge in [-0.3, -0.25) is 0 Å². The van der Waals surface area contributed by atoms with Crippen LogP contribution >= 0.6 is 0 Å². The van der Waals surface area contributed by atoms with Gasteiger partial charge >= 0.3 is 5.97 Å². The van der Waals surface area contributed by atoms with Gasteiger partial charge in [0.05, 0.1) is 10.9 Å². The molecule has 188 valence electrons. The predicted octanol–water partition coefficient (Wildman–Crippen LogP) is 5.21. The quantitative estimate of drug-likeness (QED) is 0.364. The summed E-state index contributed by atoms with van der Waals surface area (Å²) in [6.45, 7) is 3.94. The monoisotopic (exact) mass is 504 g/mol. The standard InChI is InChI=1S/C29H32N2O4S/c1-3-4-21-29(28(32)35-27(30-29)24-13-9-6-10-14-24)26(20-17-23-11-7-5-8-12-23)31-36(33,34)25-18-15-22(2)16-19-25/h5-16,18-19,26,31H,3-4,17,20-21H2,1-2H3/t26-,29-/m0/s1. The first-order valence-corrected chi connectivity index (χ1v) is 13.8. The average molecular weight is 505 g/mol. The molecule has 1 heterocycles. The normalized spacial score (nSPS) is 18.5. The average Bonchev–Trinajstić information content (AvgIpc) is 3.23. The number of aryl methyl sites for hydroxylation is 2. The van der Waals surface area contributed by atoms with Crippen molar-refractivity contribution in [3.05, 3.63) is 102 Å². The molecule has 0 saturated carbocycles. The molecule has 3 aromatic rings. The van der Waals surface area contributed by atoms with E-state index in [1.165, 1.54) is 0 Å². The number of rotatable bonds is 11. The Bertz CT molecular complexity index is 1310. The van der Waals surface area contributed by atoms with E-state index in [1.807, 2.05) is 74.5 Å². The van der Waals surface area contributed by atoms with E-state index in [0.717, 1.165) is 17.5 Å². The van der Waals surface area contributed by atoms with Crippen LogP contribution in [0.25, 0.3) is 0 Å². The van der Waals surface area contributed by atoms with Crippen molar-refractivity contribution >= 4 is 21.9 Å². The Hall–Kier alpha value is -3.29. The van der Waals surface area contributed by atoms with Crippen LogP contribution in [0.2, 0.25) is 0 Å². The van der Waals surface area contributed by atoms with E-state index >= 15 is 0 Å². The van der Waals surface area contributed by atoms with Gasteiger partial charge in [0.2, 0.25) is 15.9 Å². The molecule has 1 aliphatic heterocycles. The third-order valence-electron chi connectivity index (χ3n) is 6.55. The number of sulfonamides is 1. The zero-order chi connectivity index (χ0) is 25.6. The molecule has 0 spiro atoms. The Balaban J connectivity index is 1.75. The first-order valence-electron chi connectivity index (χ1n) is 12.3. The summed E-state index contributed by atoms with van der Waals surface area (Å²) in [5, 5.41) is 0. The Kier molecular flexibility index (Phi) is 8.01. The Morgan fingerprint density at radius 1 is 0.944 bits per heavy atom. The minimum absolute atomic E-state index is 0.155. The van der Waals surface area contributed by atoms with E-state index in [0.29, 0.717) is 31.2 Å². The van der Waals surface area contributed by atoms with Gasteiger partial charge in [0, 0.05) is 5.56 Å². The molecular formula is C29H32N2O4S. The molecular weight excluding hydrogens is 472 g/mol. The summed E-state index contributed by atoms with van der Waals surface area (Å²) in [7, 11) is -3.91. The SMILES string of the molecule is CCCC[C@@]1([C@H](CCc2ccccc2)NS(=O)(=O)c2ccc(C)cc2)N=C(c2ccccc2)OC1=O. The van der Waals surface area contributed by atoms with E-state index in [1.54, 1.807) is 24.3 Å². The molecule has 36 heavy (non-hydrogen) atoms. The maximum absolute atomic E-state index is 13.5. The van der Waals surface area contributed by atoms with E-state index in [2.05, 4.69) is 4.72 Å². The summed E-state index contributed by atoms with van der Waals surface area (Å²) in [5.74, 6) is -0.282. The summed E-state index contributed by atoms with van der Waals surface area (Å²) < 4.78 is 35.5. The maximum Gasteiger partial charge on any atom is 0.342 e. The van der Waals surface area contributed by atoms with Crippen LogP contribution in [0.1, 0.15) is 49.3 Å². The molecule has 0 saturated heterocycles. The van der Waals surface area contributed by atoms with Gasteiger partial charge in [-0.1, -0.05) is 86.0 Å². The number of hydrogen-bond donors (Lipinski definition) is 1. The topological polar surface area (TPSA) is 84.8 Å². The Labute approximate surface area is 213 Å². The predicted molar refractivity (Wildman–Crippen MR) is 141 cm³/mol. The van der Waals surface area contributed by atoms with Crippen molar-refractivity contribution < 1.29 is 17.9 Å². The van der Waals surface area contributed by atoms with Crippen LogP contribution in [0, 0.1) is 6.92 Å². The second-order valence-corrected chi connectivity index (χ2v) is 10.9. The molecule has 0 radical (unpaired) electrons. The number of esters is 1. The molecule has 4 rings (SSSR count). The van der Waals surface area contributed by atoms with Gasteiger partial charge in [0.1, 0.15) is 0 Å². The van der Waals surface area contributed by atoms with E-state index in [-0.39, 0.29) is 10.8 Å². The van der Waals surface area contributed by atoms with Crippen molar-refractivity contribution in [2.45, 2.75) is 62.4 Å². The molecule has 1 aliphatic rings. The lowest BCUT2D eigenvalue weighted by molar-refractivity contribution is -0.140. The minimum Gasteiger partial charge on any atom is -0.405 e. The number of aliphatic imine (C=N–C) groups is 1. The molecule has 0 aliphatic carbocycles. The number of unbranched alkanes of at least 4 members (excludes halogenated alkanes) is 1. The number of carbonyl (C=O) groups is 1. The molecule has 0 amide bonds. The minimum atomic E-state index is -3.91. The van der Waals surface area contributed by atoms with Gasteiger partial charge in [0.25, 0.3) is 0 Å².